The molecule has 9 rings (SSSR count). The van der Waals surface area contributed by atoms with Crippen molar-refractivity contribution < 1.29 is 104 Å². The topological polar surface area (TPSA) is 342 Å². The van der Waals surface area contributed by atoms with Crippen LogP contribution in [0.3, 0.4) is 0 Å². The first-order valence-corrected chi connectivity index (χ1v) is 27.6. The molecule has 0 spiro atoms. The molecule has 6 aliphatic carbocycles. The van der Waals surface area contributed by atoms with Crippen LogP contribution in [-0.2, 0) is 42.7 Å². The third-order valence-electron chi connectivity index (χ3n) is 21.5. The van der Waals surface area contributed by atoms with E-state index in [1.54, 1.807) is 6.92 Å². The maximum atomic E-state index is 12.8. The molecule has 0 aromatic heterocycles. The summed E-state index contributed by atoms with van der Waals surface area (Å²) in [6.07, 6.45) is -18.9. The van der Waals surface area contributed by atoms with E-state index in [9.17, 15) is 70.9 Å². The van der Waals surface area contributed by atoms with Gasteiger partial charge in [-0.2, -0.15) is 0 Å². The summed E-state index contributed by atoms with van der Waals surface area (Å²) in [5.41, 5.74) is 0.302. The molecule has 12 N–H and O–H groups in total. The number of carbonyl (C=O) groups excluding carboxylic acids is 1. The number of ketones is 1. The molecule has 0 aromatic carbocycles. The van der Waals surface area contributed by atoms with E-state index in [-0.39, 0.29) is 81.6 Å². The molecule has 0 radical (unpaired) electrons. The molecule has 0 amide bonds. The molecule has 0 bridgehead atoms. The highest BCUT2D eigenvalue weighted by atomic mass is 16.8. The fraction of sp³-hybridized carbons (Fsp3) is 0.891. The van der Waals surface area contributed by atoms with E-state index in [1.165, 1.54) is 5.57 Å². The predicted molar refractivity (Wildman–Crippen MR) is 264 cm³/mol. The fourth-order valence-electron chi connectivity index (χ4n) is 16.7. The first-order chi connectivity index (χ1) is 35.5. The van der Waals surface area contributed by atoms with Gasteiger partial charge in [0.1, 0.15) is 67.1 Å². The number of rotatable bonds is 12. The van der Waals surface area contributed by atoms with Crippen LogP contribution in [0.5, 0.6) is 0 Å². The van der Waals surface area contributed by atoms with Crippen LogP contribution in [0.2, 0.25) is 0 Å². The van der Waals surface area contributed by atoms with E-state index >= 15 is 0 Å². The molecule has 3 saturated heterocycles. The Morgan fingerprint density at radius 2 is 1.25 bits per heavy atom. The predicted octanol–water partition coefficient (Wildman–Crippen LogP) is 1.26. The second-order valence-electron chi connectivity index (χ2n) is 26.3. The summed E-state index contributed by atoms with van der Waals surface area (Å²) in [4.78, 5) is 25.4. The minimum Gasteiger partial charge on any atom is -0.504 e. The second kappa shape index (κ2) is 20.9. The van der Waals surface area contributed by atoms with Crippen LogP contribution in [0.4, 0.5) is 0 Å². The van der Waals surface area contributed by atoms with Gasteiger partial charge in [0.25, 0.3) is 0 Å². The lowest BCUT2D eigenvalue weighted by Crippen LogP contribution is -2.68. The molecule has 3 aliphatic heterocycles. The van der Waals surface area contributed by atoms with E-state index in [4.69, 9.17) is 33.2 Å². The van der Waals surface area contributed by atoms with Crippen LogP contribution in [0.25, 0.3) is 0 Å². The standard InChI is InChI=1S/C55H86O21/c1-24-17-25(18-28(59)35(24)60)70-34-20-50(2,3)19-27-26-9-10-32-52(5)13-12-33(53(6,23-58)31(52)11-14-55(32,8)54(26,7)16-15-51(27,34)4)73-49-45(41(66)40(65)43(74-49)46(68)69)76-48-44(39(64)37(62)30(22-57)72-48)75-47-42(67)38(63)36(61)29(21-56)71-47/h9,25,27,29-34,36-45,47-49,56-58,60-67H,10-23H2,1-8H3,(H,68,69)/t25?,27?,29-,30-,31?,32?,33?,34?,36-,37+,38+,39+,40+,41+,42-,43?,44-,45-,47+,48+,49-,51?,52?,53?,54?,55?/m1/s1. The summed E-state index contributed by atoms with van der Waals surface area (Å²) in [7, 11) is 0. The van der Waals surface area contributed by atoms with Crippen molar-refractivity contribution in [3.63, 3.8) is 0 Å². The van der Waals surface area contributed by atoms with Gasteiger partial charge in [-0.1, -0.05) is 60.1 Å². The third-order valence-corrected chi connectivity index (χ3v) is 21.5. The summed E-state index contributed by atoms with van der Waals surface area (Å²) >= 11 is 0. The maximum Gasteiger partial charge on any atom is 0.335 e. The largest absolute Gasteiger partial charge is 0.504 e. The minimum absolute atomic E-state index is 0.0361. The van der Waals surface area contributed by atoms with E-state index < -0.39 is 123 Å². The van der Waals surface area contributed by atoms with Gasteiger partial charge in [0.2, 0.25) is 0 Å². The van der Waals surface area contributed by atoms with Crippen LogP contribution < -0.4 is 0 Å². The highest BCUT2D eigenvalue weighted by Crippen LogP contribution is 2.76. The number of aliphatic hydroxyl groups excluding tert-OH is 11. The Kier molecular flexibility index (Phi) is 16.1. The van der Waals surface area contributed by atoms with Crippen molar-refractivity contribution in [2.45, 2.75) is 236 Å². The molecule has 12 unspecified atom stereocenters. The number of allylic oxidation sites excluding steroid dienone is 3. The van der Waals surface area contributed by atoms with Crippen molar-refractivity contribution in [1.82, 2.24) is 0 Å². The van der Waals surface area contributed by atoms with Crippen LogP contribution >= 0.6 is 0 Å². The molecule has 21 nitrogen and oxygen atoms in total. The first kappa shape index (κ1) is 58.4. The molecule has 7 fully saturated rings. The molecule has 26 atom stereocenters. The molecular formula is C55H86O21. The number of fused-ring (bicyclic) bond motifs is 7. The maximum absolute atomic E-state index is 12.8. The zero-order valence-electron chi connectivity index (χ0n) is 45.1. The highest BCUT2D eigenvalue weighted by Gasteiger charge is 2.70. The molecule has 76 heavy (non-hydrogen) atoms. The van der Waals surface area contributed by atoms with Crippen LogP contribution in [0, 0.1) is 50.2 Å². The van der Waals surface area contributed by atoms with Crippen molar-refractivity contribution in [1.29, 1.82) is 0 Å². The van der Waals surface area contributed by atoms with Gasteiger partial charge in [-0.3, -0.25) is 4.79 Å². The van der Waals surface area contributed by atoms with Gasteiger partial charge in [-0.05, 0) is 116 Å². The Bertz CT molecular complexity index is 2220. The van der Waals surface area contributed by atoms with Crippen LogP contribution in [0.1, 0.15) is 126 Å². The zero-order valence-corrected chi connectivity index (χ0v) is 45.1. The Morgan fingerprint density at radius 3 is 1.87 bits per heavy atom. The average molecular weight is 1080 g/mol. The van der Waals surface area contributed by atoms with Crippen molar-refractivity contribution in [2.75, 3.05) is 19.8 Å². The van der Waals surface area contributed by atoms with Gasteiger partial charge in [0, 0.05) is 17.3 Å². The summed E-state index contributed by atoms with van der Waals surface area (Å²) in [5.74, 6) is -1.74. The monoisotopic (exact) mass is 1080 g/mol. The van der Waals surface area contributed by atoms with E-state index in [0.29, 0.717) is 24.8 Å². The summed E-state index contributed by atoms with van der Waals surface area (Å²) in [6, 6.07) is 0. The summed E-state index contributed by atoms with van der Waals surface area (Å²) in [5, 5.41) is 129. The first-order valence-electron chi connectivity index (χ1n) is 27.6. The third kappa shape index (κ3) is 9.37. The van der Waals surface area contributed by atoms with Gasteiger partial charge in [0.05, 0.1) is 38.1 Å². The van der Waals surface area contributed by atoms with Crippen molar-refractivity contribution in [3.05, 3.63) is 23.0 Å². The van der Waals surface area contributed by atoms with Crippen molar-refractivity contribution in [2.24, 2.45) is 50.2 Å². The number of aliphatic carboxylic acids is 1. The molecule has 21 heteroatoms. The molecule has 9 aliphatic rings. The van der Waals surface area contributed by atoms with Gasteiger partial charge >= 0.3 is 5.97 Å². The fourth-order valence-corrected chi connectivity index (χ4v) is 16.7. The molecular weight excluding hydrogens is 997 g/mol. The average Bonchev–Trinajstić information content (AvgIpc) is 3.54. The lowest BCUT2D eigenvalue weighted by atomic mass is 9.33. The second-order valence-corrected chi connectivity index (χ2v) is 26.3. The number of carboxylic acids is 1. The Labute approximate surface area is 444 Å². The molecule has 0 aromatic rings. The normalized spacial score (nSPS) is 52.4. The molecule has 432 valence electrons. The zero-order chi connectivity index (χ0) is 55.6. The number of carboxylic acid groups (broad SMARTS) is 1. The summed E-state index contributed by atoms with van der Waals surface area (Å²) < 4.78 is 43.2. The Hall–Kier alpha value is -2.26. The lowest BCUT2D eigenvalue weighted by molar-refractivity contribution is -0.397. The van der Waals surface area contributed by atoms with Gasteiger partial charge in [-0.15, -0.1) is 0 Å². The van der Waals surface area contributed by atoms with Gasteiger partial charge in [-0.25, -0.2) is 4.79 Å². The molecule has 3 heterocycles. The Morgan fingerprint density at radius 1 is 0.645 bits per heavy atom. The van der Waals surface area contributed by atoms with E-state index in [0.717, 1.165) is 44.9 Å². The number of aliphatic hydroxyl groups is 11. The van der Waals surface area contributed by atoms with Crippen molar-refractivity contribution in [3.8, 4) is 0 Å². The number of ether oxygens (including phenoxy) is 7. The van der Waals surface area contributed by atoms with Crippen LogP contribution in [-0.4, -0.2) is 203 Å². The summed E-state index contributed by atoms with van der Waals surface area (Å²) in [6.45, 7) is 16.0. The lowest BCUT2D eigenvalue weighted by Gasteiger charge is -2.72. The van der Waals surface area contributed by atoms with E-state index in [1.807, 2.05) is 6.92 Å². The van der Waals surface area contributed by atoms with Crippen LogP contribution in [0.15, 0.2) is 23.0 Å². The number of carbonyl (C=O) groups is 2. The highest BCUT2D eigenvalue weighted by molar-refractivity contribution is 5.95. The smallest absolute Gasteiger partial charge is 0.335 e. The number of hydrogen-bond acceptors (Lipinski definition) is 20. The van der Waals surface area contributed by atoms with Crippen molar-refractivity contribution >= 4 is 11.8 Å². The van der Waals surface area contributed by atoms with E-state index in [2.05, 4.69) is 47.6 Å². The SMILES string of the molecule is CC1=C(O)C(=O)CC(OC2CC(C)(C)CC3C4=CCC5C6(C)CCC(O[C@@H]7OC(C(=O)O)[C@@H](O)[C@H](O)[C@H]7O[C@@H]7O[C@H](CO)[C@H](O)[C@H](O)[C@H]7O[C@@H]7O[C@H](CO)[C@@H](O)[C@H](O)[C@H]7O)C(C)(CO)C6CCC5(C)C4(C)CCC23C)C1. The van der Waals surface area contributed by atoms with Gasteiger partial charge in [0.15, 0.2) is 36.5 Å². The van der Waals surface area contributed by atoms with Gasteiger partial charge < -0.3 is 94.4 Å². The minimum atomic E-state index is -2.11. The number of hydrogen-bond donors (Lipinski definition) is 12. The Balaban J connectivity index is 0.980. The molecule has 4 saturated carbocycles. The number of Topliss-reactive ketones (excluding diaryl/α,β-unsaturated/α-hetero) is 1. The quantitative estimate of drug-likeness (QED) is 0.0967.